The first kappa shape index (κ1) is 15.6. The number of nitrogens with zero attached hydrogens (tertiary/aromatic N) is 1. The van der Waals surface area contributed by atoms with E-state index in [4.69, 9.17) is 5.11 Å². The summed E-state index contributed by atoms with van der Waals surface area (Å²) in [6.07, 6.45) is 2.35. The van der Waals surface area contributed by atoms with Crippen molar-refractivity contribution >= 4 is 21.4 Å². The van der Waals surface area contributed by atoms with Gasteiger partial charge in [0.05, 0.1) is 4.90 Å². The highest BCUT2D eigenvalue weighted by atomic mass is 32.2. The molecule has 0 aliphatic carbocycles. The van der Waals surface area contributed by atoms with Crippen LogP contribution in [-0.4, -0.2) is 38.0 Å². The predicted molar refractivity (Wildman–Crippen MR) is 74.5 cm³/mol. The lowest BCUT2D eigenvalue weighted by atomic mass is 10.2. The molecular formula is C12H21NO3S2. The summed E-state index contributed by atoms with van der Waals surface area (Å²) in [6, 6.07) is 1.74. The lowest BCUT2D eigenvalue weighted by Crippen LogP contribution is -2.28. The molecule has 0 aromatic carbocycles. The average molecular weight is 291 g/mol. The molecular weight excluding hydrogens is 270 g/mol. The predicted octanol–water partition coefficient (Wildman–Crippen LogP) is 2.15. The van der Waals surface area contributed by atoms with Gasteiger partial charge < -0.3 is 5.11 Å². The van der Waals surface area contributed by atoms with E-state index < -0.39 is 10.0 Å². The Morgan fingerprint density at radius 2 is 1.94 bits per heavy atom. The van der Waals surface area contributed by atoms with E-state index in [-0.39, 0.29) is 6.61 Å². The van der Waals surface area contributed by atoms with Gasteiger partial charge in [-0.05, 0) is 39.2 Å². The Hall–Kier alpha value is -0.430. The lowest BCUT2D eigenvalue weighted by Gasteiger charge is -2.16. The second kappa shape index (κ2) is 6.65. The van der Waals surface area contributed by atoms with E-state index in [2.05, 4.69) is 0 Å². The van der Waals surface area contributed by atoms with E-state index in [0.717, 1.165) is 29.0 Å². The van der Waals surface area contributed by atoms with Crippen molar-refractivity contribution < 1.29 is 13.5 Å². The zero-order valence-corrected chi connectivity index (χ0v) is 12.8. The van der Waals surface area contributed by atoms with Gasteiger partial charge in [-0.1, -0.05) is 0 Å². The highest BCUT2D eigenvalue weighted by molar-refractivity contribution is 7.89. The summed E-state index contributed by atoms with van der Waals surface area (Å²) >= 11 is 1.51. The molecule has 0 saturated carbocycles. The monoisotopic (exact) mass is 291 g/mol. The molecule has 0 amide bonds. The van der Waals surface area contributed by atoms with E-state index in [1.54, 1.807) is 13.1 Å². The highest BCUT2D eigenvalue weighted by Crippen LogP contribution is 2.27. The molecule has 18 heavy (non-hydrogen) atoms. The zero-order valence-electron chi connectivity index (χ0n) is 11.1. The topological polar surface area (TPSA) is 57.6 Å². The summed E-state index contributed by atoms with van der Waals surface area (Å²) in [5, 5.41) is 8.68. The summed E-state index contributed by atoms with van der Waals surface area (Å²) in [4.78, 5) is 2.28. The maximum absolute atomic E-state index is 12.3. The third-order valence-corrected chi connectivity index (χ3v) is 5.89. The Kier molecular flexibility index (Phi) is 5.78. The van der Waals surface area contributed by atoms with Crippen LogP contribution in [0.1, 0.15) is 29.0 Å². The van der Waals surface area contributed by atoms with E-state index in [0.29, 0.717) is 11.4 Å². The van der Waals surface area contributed by atoms with Crippen molar-refractivity contribution in [2.24, 2.45) is 0 Å². The molecule has 0 unspecified atom stereocenters. The van der Waals surface area contributed by atoms with Crippen molar-refractivity contribution in [1.82, 2.24) is 4.31 Å². The number of unbranched alkanes of at least 4 members (excludes halogenated alkanes) is 2. The van der Waals surface area contributed by atoms with Crippen LogP contribution in [0.15, 0.2) is 11.0 Å². The third-order valence-electron chi connectivity index (χ3n) is 2.81. The molecule has 1 heterocycles. The Morgan fingerprint density at radius 1 is 1.28 bits per heavy atom. The molecule has 104 valence electrons. The van der Waals surface area contributed by atoms with Crippen molar-refractivity contribution in [2.45, 2.75) is 38.0 Å². The first-order valence-electron chi connectivity index (χ1n) is 6.04. The van der Waals surface area contributed by atoms with E-state index in [1.165, 1.54) is 15.6 Å². The fraction of sp³-hybridized carbons (Fsp3) is 0.667. The van der Waals surface area contributed by atoms with Gasteiger partial charge in [0, 0.05) is 30.0 Å². The number of hydrogen-bond acceptors (Lipinski definition) is 4. The van der Waals surface area contributed by atoms with Crippen molar-refractivity contribution in [2.75, 3.05) is 20.2 Å². The molecule has 1 N–H and O–H groups in total. The van der Waals surface area contributed by atoms with Crippen LogP contribution in [0.4, 0.5) is 0 Å². The number of hydrogen-bond donors (Lipinski definition) is 1. The molecule has 0 bridgehead atoms. The molecule has 1 aromatic heterocycles. The maximum atomic E-state index is 12.3. The average Bonchev–Trinajstić information content (AvgIpc) is 2.64. The van der Waals surface area contributed by atoms with Gasteiger partial charge in [-0.25, -0.2) is 12.7 Å². The quantitative estimate of drug-likeness (QED) is 0.783. The summed E-state index contributed by atoms with van der Waals surface area (Å²) in [5.41, 5.74) is 0. The van der Waals surface area contributed by atoms with Gasteiger partial charge in [-0.3, -0.25) is 0 Å². The van der Waals surface area contributed by atoms with Gasteiger partial charge in [0.25, 0.3) is 0 Å². The number of thiophene rings is 1. The fourth-order valence-corrected chi connectivity index (χ4v) is 4.50. The van der Waals surface area contributed by atoms with Crippen LogP contribution in [0, 0.1) is 13.8 Å². The number of aliphatic hydroxyl groups excluding tert-OH is 1. The molecule has 0 aliphatic rings. The second-order valence-electron chi connectivity index (χ2n) is 4.39. The fourth-order valence-electron chi connectivity index (χ4n) is 1.77. The lowest BCUT2D eigenvalue weighted by molar-refractivity contribution is 0.281. The number of aryl methyl sites for hydroxylation is 2. The molecule has 0 atom stereocenters. The van der Waals surface area contributed by atoms with Crippen LogP contribution in [0.5, 0.6) is 0 Å². The highest BCUT2D eigenvalue weighted by Gasteiger charge is 2.23. The number of rotatable bonds is 7. The van der Waals surface area contributed by atoms with Crippen LogP contribution >= 0.6 is 11.3 Å². The summed E-state index contributed by atoms with van der Waals surface area (Å²) < 4.78 is 26.0. The van der Waals surface area contributed by atoms with Gasteiger partial charge in [0.1, 0.15) is 0 Å². The van der Waals surface area contributed by atoms with Crippen molar-refractivity contribution in [3.8, 4) is 0 Å². The van der Waals surface area contributed by atoms with Crippen LogP contribution < -0.4 is 0 Å². The molecule has 0 saturated heterocycles. The SMILES string of the molecule is Cc1cc(S(=O)(=O)N(C)CCCCCO)c(C)s1. The summed E-state index contributed by atoms with van der Waals surface area (Å²) in [6.45, 7) is 4.41. The second-order valence-corrected chi connectivity index (χ2v) is 7.86. The zero-order chi connectivity index (χ0) is 13.8. The Bertz CT molecular complexity index is 480. The molecule has 1 aromatic rings. The third kappa shape index (κ3) is 3.78. The normalized spacial score (nSPS) is 12.3. The number of aliphatic hydroxyl groups is 1. The first-order chi connectivity index (χ1) is 8.39. The largest absolute Gasteiger partial charge is 0.396 e. The Morgan fingerprint density at radius 3 is 2.44 bits per heavy atom. The molecule has 0 aliphatic heterocycles. The van der Waals surface area contributed by atoms with Crippen LogP contribution in [0.2, 0.25) is 0 Å². The van der Waals surface area contributed by atoms with Crippen molar-refractivity contribution in [1.29, 1.82) is 0 Å². The van der Waals surface area contributed by atoms with E-state index in [9.17, 15) is 8.42 Å². The van der Waals surface area contributed by atoms with Gasteiger partial charge in [0.2, 0.25) is 10.0 Å². The first-order valence-corrected chi connectivity index (χ1v) is 8.29. The molecule has 6 heteroatoms. The van der Waals surface area contributed by atoms with Crippen LogP contribution in [-0.2, 0) is 10.0 Å². The molecule has 0 spiro atoms. The van der Waals surface area contributed by atoms with Gasteiger partial charge in [-0.15, -0.1) is 11.3 Å². The minimum absolute atomic E-state index is 0.166. The van der Waals surface area contributed by atoms with Gasteiger partial charge >= 0.3 is 0 Å². The Balaban J connectivity index is 2.71. The Labute approximate surface area is 113 Å². The van der Waals surface area contributed by atoms with Gasteiger partial charge in [0.15, 0.2) is 0 Å². The van der Waals surface area contributed by atoms with Crippen molar-refractivity contribution in [3.63, 3.8) is 0 Å². The van der Waals surface area contributed by atoms with Crippen LogP contribution in [0.3, 0.4) is 0 Å². The maximum Gasteiger partial charge on any atom is 0.243 e. The van der Waals surface area contributed by atoms with E-state index in [1.807, 2.05) is 13.8 Å². The smallest absolute Gasteiger partial charge is 0.243 e. The van der Waals surface area contributed by atoms with Crippen LogP contribution in [0.25, 0.3) is 0 Å². The standard InChI is InChI=1S/C12H21NO3S2/c1-10-9-12(11(2)17-10)18(15,16)13(3)7-5-4-6-8-14/h9,14H,4-8H2,1-3H3. The minimum Gasteiger partial charge on any atom is -0.396 e. The summed E-state index contributed by atoms with van der Waals surface area (Å²) in [7, 11) is -1.74. The molecule has 1 rings (SSSR count). The van der Waals surface area contributed by atoms with Crippen molar-refractivity contribution in [3.05, 3.63) is 15.8 Å². The molecule has 4 nitrogen and oxygen atoms in total. The minimum atomic E-state index is -3.35. The molecule has 0 radical (unpaired) electrons. The molecule has 0 fully saturated rings. The van der Waals surface area contributed by atoms with E-state index >= 15 is 0 Å². The number of sulfonamides is 1. The summed E-state index contributed by atoms with van der Waals surface area (Å²) in [5.74, 6) is 0. The van der Waals surface area contributed by atoms with Gasteiger partial charge in [-0.2, -0.15) is 0 Å².